The first-order valence-electron chi connectivity index (χ1n) is 14.2. The molecule has 1 heterocycles. The third kappa shape index (κ3) is 8.45. The molecule has 0 fully saturated rings. The second-order valence-corrected chi connectivity index (χ2v) is 9.30. The number of aryl methyl sites for hydroxylation is 1. The van der Waals surface area contributed by atoms with Crippen LogP contribution in [0.3, 0.4) is 0 Å². The van der Waals surface area contributed by atoms with Crippen LogP contribution >= 0.6 is 0 Å². The zero-order chi connectivity index (χ0) is 31.3. The average Bonchev–Trinajstić information content (AvgIpc) is 2.97. The van der Waals surface area contributed by atoms with Gasteiger partial charge < -0.3 is 20.9 Å². The second kappa shape index (κ2) is 16.9. The Kier molecular flexibility index (Phi) is 14.4. The highest BCUT2D eigenvalue weighted by Crippen LogP contribution is 2.44. The van der Waals surface area contributed by atoms with Crippen molar-refractivity contribution < 1.29 is 14.6 Å². The molecular weight excluding hydrogens is 508 g/mol. The number of hydrogen-bond acceptors (Lipinski definition) is 4. The lowest BCUT2D eigenvalue weighted by Gasteiger charge is -2.29. The SMILES string of the molecule is C=C/C=C\C(NC(C)c1cc(C)cc2c1OC(c1ccc(=C)/c(=C\CC)c1)=C(C)C2=C)=C(/CC)C(=O)O.CC.CN. The molecule has 0 bridgehead atoms. The smallest absolute Gasteiger partial charge is 0.333 e. The summed E-state index contributed by atoms with van der Waals surface area (Å²) >= 11 is 0. The molecule has 0 amide bonds. The first-order valence-corrected chi connectivity index (χ1v) is 14.2. The van der Waals surface area contributed by atoms with Crippen molar-refractivity contribution in [3.63, 3.8) is 0 Å². The third-order valence-corrected chi connectivity index (χ3v) is 6.59. The minimum Gasteiger partial charge on any atom is -0.478 e. The molecule has 5 heteroatoms. The van der Waals surface area contributed by atoms with Gasteiger partial charge in [0.25, 0.3) is 0 Å². The van der Waals surface area contributed by atoms with Crippen molar-refractivity contribution in [2.45, 2.75) is 67.3 Å². The number of nitrogens with two attached hydrogens (primary N) is 1. The van der Waals surface area contributed by atoms with Gasteiger partial charge in [-0.25, -0.2) is 4.79 Å². The molecule has 4 N–H and O–H groups in total. The molecule has 5 nitrogen and oxygen atoms in total. The summed E-state index contributed by atoms with van der Waals surface area (Å²) in [6.45, 7) is 26.3. The third-order valence-electron chi connectivity index (χ3n) is 6.59. The lowest BCUT2D eigenvalue weighted by Crippen LogP contribution is -2.24. The zero-order valence-corrected chi connectivity index (χ0v) is 26.2. The van der Waals surface area contributed by atoms with E-state index in [2.05, 4.69) is 62.0 Å². The van der Waals surface area contributed by atoms with Crippen LogP contribution in [0.1, 0.15) is 82.7 Å². The summed E-state index contributed by atoms with van der Waals surface area (Å²) in [5.74, 6) is 0.551. The van der Waals surface area contributed by atoms with Gasteiger partial charge in [0.1, 0.15) is 11.5 Å². The zero-order valence-electron chi connectivity index (χ0n) is 26.2. The average molecular weight is 557 g/mol. The molecule has 220 valence electrons. The summed E-state index contributed by atoms with van der Waals surface area (Å²) in [5.41, 5.74) is 11.2. The van der Waals surface area contributed by atoms with Crippen LogP contribution < -0.4 is 26.2 Å². The van der Waals surface area contributed by atoms with E-state index < -0.39 is 5.97 Å². The van der Waals surface area contributed by atoms with E-state index in [0.717, 1.165) is 61.8 Å². The lowest BCUT2D eigenvalue weighted by molar-refractivity contribution is -0.132. The van der Waals surface area contributed by atoms with E-state index in [1.807, 2.05) is 53.7 Å². The van der Waals surface area contributed by atoms with E-state index in [1.54, 1.807) is 18.2 Å². The van der Waals surface area contributed by atoms with Gasteiger partial charge >= 0.3 is 5.97 Å². The van der Waals surface area contributed by atoms with Crippen LogP contribution in [0, 0.1) is 6.92 Å². The second-order valence-electron chi connectivity index (χ2n) is 9.30. The fourth-order valence-corrected chi connectivity index (χ4v) is 4.57. The maximum atomic E-state index is 11.9. The minimum absolute atomic E-state index is 0.238. The predicted octanol–water partition coefficient (Wildman–Crippen LogP) is 7.18. The number of nitrogens with one attached hydrogen (secondary N) is 1. The Morgan fingerprint density at radius 2 is 1.78 bits per heavy atom. The van der Waals surface area contributed by atoms with Crippen LogP contribution in [0.5, 0.6) is 5.75 Å². The highest BCUT2D eigenvalue weighted by atomic mass is 16.5. The molecule has 1 aliphatic rings. The maximum Gasteiger partial charge on any atom is 0.333 e. The van der Waals surface area contributed by atoms with E-state index in [-0.39, 0.29) is 6.04 Å². The van der Waals surface area contributed by atoms with Gasteiger partial charge in [-0.2, -0.15) is 0 Å². The fraction of sp³-hybridized carbons (Fsp3) is 0.306. The largest absolute Gasteiger partial charge is 0.478 e. The molecule has 0 aliphatic carbocycles. The first kappa shape index (κ1) is 34.9. The van der Waals surface area contributed by atoms with Gasteiger partial charge in [0, 0.05) is 22.4 Å². The number of benzene rings is 2. The number of rotatable bonds is 9. The Bertz CT molecular complexity index is 1460. The molecule has 0 spiro atoms. The predicted molar refractivity (Wildman–Crippen MR) is 177 cm³/mol. The van der Waals surface area contributed by atoms with Gasteiger partial charge in [0.05, 0.1) is 11.6 Å². The Labute approximate surface area is 246 Å². The van der Waals surface area contributed by atoms with Crippen molar-refractivity contribution in [3.05, 3.63) is 111 Å². The number of carbonyl (C=O) groups is 1. The summed E-state index contributed by atoms with van der Waals surface area (Å²) in [6.07, 6.45) is 8.58. The molecular formula is C36H48N2O3. The molecule has 1 atom stereocenters. The van der Waals surface area contributed by atoms with Gasteiger partial charge in [0.15, 0.2) is 0 Å². The molecule has 2 aromatic rings. The van der Waals surface area contributed by atoms with Gasteiger partial charge in [0.2, 0.25) is 0 Å². The van der Waals surface area contributed by atoms with Crippen molar-refractivity contribution in [1.29, 1.82) is 0 Å². The van der Waals surface area contributed by atoms with Crippen LogP contribution in [0.15, 0.2) is 78.6 Å². The van der Waals surface area contributed by atoms with Crippen molar-refractivity contribution >= 4 is 30.0 Å². The van der Waals surface area contributed by atoms with Crippen molar-refractivity contribution in [3.8, 4) is 5.75 Å². The van der Waals surface area contributed by atoms with Gasteiger partial charge in [-0.1, -0.05) is 83.9 Å². The Balaban J connectivity index is 0.00000201. The topological polar surface area (TPSA) is 84.6 Å². The van der Waals surface area contributed by atoms with E-state index in [4.69, 9.17) is 4.74 Å². The monoisotopic (exact) mass is 556 g/mol. The van der Waals surface area contributed by atoms with Crippen molar-refractivity contribution in [2.24, 2.45) is 5.73 Å². The van der Waals surface area contributed by atoms with Gasteiger partial charge in [-0.15, -0.1) is 0 Å². The quantitative estimate of drug-likeness (QED) is 0.225. The number of aliphatic carboxylic acids is 1. The lowest BCUT2D eigenvalue weighted by atomic mass is 9.89. The molecule has 0 radical (unpaired) electrons. The van der Waals surface area contributed by atoms with Gasteiger partial charge in [-0.3, -0.25) is 0 Å². The number of allylic oxidation sites excluding steroid dienone is 5. The Morgan fingerprint density at radius 3 is 2.34 bits per heavy atom. The van der Waals surface area contributed by atoms with Crippen LogP contribution in [0.25, 0.3) is 24.0 Å². The first-order chi connectivity index (χ1) is 19.6. The molecule has 1 unspecified atom stereocenters. The summed E-state index contributed by atoms with van der Waals surface area (Å²) in [5, 5.41) is 15.2. The molecule has 3 rings (SSSR count). The van der Waals surface area contributed by atoms with E-state index >= 15 is 0 Å². The van der Waals surface area contributed by atoms with Crippen LogP contribution in [-0.4, -0.2) is 18.1 Å². The number of ether oxygens (including phenoxy) is 1. The van der Waals surface area contributed by atoms with Crippen molar-refractivity contribution in [2.75, 3.05) is 7.05 Å². The van der Waals surface area contributed by atoms with Gasteiger partial charge in [-0.05, 0) is 86.0 Å². The Morgan fingerprint density at radius 1 is 1.12 bits per heavy atom. The van der Waals surface area contributed by atoms with E-state index in [0.29, 0.717) is 17.7 Å². The standard InChI is InChI=1S/C33H37NO3.C2H6.CH5N/c1-9-12-14-30(27(11-3)33(35)36)34-24(8)29-18-20(4)17-28-22(6)23(7)31(37-32(28)29)26-16-15-21(5)25(19-26)13-10-2;2*1-2/h9,12-19,24,34H,1,5-6,10-11H2,2-4,7-8H3,(H,35,36);1-2H3;2H2,1H3/b14-12-,25-13-,30-27-;;. The van der Waals surface area contributed by atoms with Crippen LogP contribution in [-0.2, 0) is 4.79 Å². The maximum absolute atomic E-state index is 11.9. The molecule has 0 saturated carbocycles. The molecule has 41 heavy (non-hydrogen) atoms. The number of carboxylic acid groups (broad SMARTS) is 1. The van der Waals surface area contributed by atoms with E-state index in [9.17, 15) is 9.90 Å². The highest BCUT2D eigenvalue weighted by Gasteiger charge is 2.27. The van der Waals surface area contributed by atoms with E-state index in [1.165, 1.54) is 7.05 Å². The number of hydrogen-bond donors (Lipinski definition) is 3. The number of carboxylic acids is 1. The minimum atomic E-state index is -0.948. The molecule has 2 aromatic carbocycles. The molecule has 0 saturated heterocycles. The van der Waals surface area contributed by atoms with Crippen LogP contribution in [0.2, 0.25) is 0 Å². The summed E-state index contributed by atoms with van der Waals surface area (Å²) in [6, 6.07) is 10.1. The summed E-state index contributed by atoms with van der Waals surface area (Å²) < 4.78 is 6.66. The number of fused-ring (bicyclic) bond motifs is 1. The normalized spacial score (nSPS) is 14.1. The molecule has 0 aromatic heterocycles. The highest BCUT2D eigenvalue weighted by molar-refractivity contribution is 5.92. The fourth-order valence-electron chi connectivity index (χ4n) is 4.57. The van der Waals surface area contributed by atoms with Crippen molar-refractivity contribution in [1.82, 2.24) is 5.32 Å². The van der Waals surface area contributed by atoms with Crippen LogP contribution in [0.4, 0.5) is 0 Å². The summed E-state index contributed by atoms with van der Waals surface area (Å²) in [7, 11) is 1.50. The Hall–Kier alpha value is -4.09. The molecule has 1 aliphatic heterocycles. The summed E-state index contributed by atoms with van der Waals surface area (Å²) in [4.78, 5) is 11.9.